The molecule has 2 heterocycles. The highest BCUT2D eigenvalue weighted by Crippen LogP contribution is 2.46. The van der Waals surface area contributed by atoms with Gasteiger partial charge in [0.05, 0.1) is 0 Å². The molecule has 2 unspecified atom stereocenters. The summed E-state index contributed by atoms with van der Waals surface area (Å²) in [5.74, 6) is -2.17. The first-order valence-corrected chi connectivity index (χ1v) is 6.55. The van der Waals surface area contributed by atoms with E-state index < -0.39 is 33.7 Å². The zero-order valence-electron chi connectivity index (χ0n) is 10.2. The van der Waals surface area contributed by atoms with Crippen LogP contribution < -0.4 is 5.32 Å². The number of fused-ring (bicyclic) bond motifs is 1. The molecule has 3 rings (SSSR count). The van der Waals surface area contributed by atoms with Crippen molar-refractivity contribution in [2.45, 2.75) is 10.9 Å². The fourth-order valence-corrected chi connectivity index (χ4v) is 3.41. The van der Waals surface area contributed by atoms with E-state index in [-0.39, 0.29) is 11.3 Å². The average Bonchev–Trinajstić information content (AvgIpc) is 2.81. The topological polar surface area (TPSA) is 86.7 Å². The van der Waals surface area contributed by atoms with Crippen molar-refractivity contribution in [1.82, 2.24) is 4.90 Å². The zero-order chi connectivity index (χ0) is 14.7. The number of carbonyl (C=O) groups is 3. The standard InChI is InChI=1S/C12H9FN2O4S/c1-15-9(16)8(20-11(15)18)12(19)6-4-5(13)2-3-7(6)14-10(12)17/h2-4,8,19H,1H3,(H,14,17). The van der Waals surface area contributed by atoms with Gasteiger partial charge in [-0.2, -0.15) is 0 Å². The largest absolute Gasteiger partial charge is 0.374 e. The van der Waals surface area contributed by atoms with Crippen molar-refractivity contribution in [2.75, 3.05) is 12.4 Å². The predicted octanol–water partition coefficient (Wildman–Crippen LogP) is 0.659. The number of nitrogens with zero attached hydrogens (tertiary/aromatic N) is 1. The molecule has 0 spiro atoms. The summed E-state index contributed by atoms with van der Waals surface area (Å²) in [7, 11) is 1.26. The summed E-state index contributed by atoms with van der Waals surface area (Å²) in [6, 6.07) is 3.42. The Balaban J connectivity index is 2.14. The minimum absolute atomic E-state index is 0.0311. The molecule has 1 aromatic rings. The fraction of sp³-hybridized carbons (Fsp3) is 0.250. The number of benzene rings is 1. The van der Waals surface area contributed by atoms with Gasteiger partial charge in [0, 0.05) is 18.3 Å². The van der Waals surface area contributed by atoms with Gasteiger partial charge in [0.2, 0.25) is 5.91 Å². The van der Waals surface area contributed by atoms with Crippen LogP contribution >= 0.6 is 11.8 Å². The molecule has 8 heteroatoms. The summed E-state index contributed by atoms with van der Waals surface area (Å²) in [6.45, 7) is 0. The Hall–Kier alpha value is -1.93. The van der Waals surface area contributed by atoms with Gasteiger partial charge in [-0.1, -0.05) is 0 Å². The van der Waals surface area contributed by atoms with Crippen LogP contribution in [0.2, 0.25) is 0 Å². The highest BCUT2D eigenvalue weighted by atomic mass is 32.2. The molecule has 0 aromatic heterocycles. The van der Waals surface area contributed by atoms with E-state index in [1.807, 2.05) is 0 Å². The minimum atomic E-state index is -2.25. The lowest BCUT2D eigenvalue weighted by atomic mass is 9.90. The number of aliphatic hydroxyl groups is 1. The molecular weight excluding hydrogens is 287 g/mol. The number of anilines is 1. The molecule has 1 aromatic carbocycles. The number of nitrogens with one attached hydrogen (secondary N) is 1. The van der Waals surface area contributed by atoms with Crippen LogP contribution in [-0.4, -0.2) is 39.4 Å². The lowest BCUT2D eigenvalue weighted by Crippen LogP contribution is -2.48. The van der Waals surface area contributed by atoms with Gasteiger partial charge >= 0.3 is 0 Å². The molecule has 0 bridgehead atoms. The lowest BCUT2D eigenvalue weighted by Gasteiger charge is -2.24. The van der Waals surface area contributed by atoms with Gasteiger partial charge in [-0.3, -0.25) is 19.3 Å². The molecule has 6 nitrogen and oxygen atoms in total. The van der Waals surface area contributed by atoms with Crippen molar-refractivity contribution in [3.05, 3.63) is 29.6 Å². The van der Waals surface area contributed by atoms with Gasteiger partial charge < -0.3 is 10.4 Å². The third-order valence-corrected chi connectivity index (χ3v) is 4.67. The number of hydrogen-bond acceptors (Lipinski definition) is 5. The molecule has 1 fully saturated rings. The molecule has 0 radical (unpaired) electrons. The van der Waals surface area contributed by atoms with Crippen molar-refractivity contribution >= 4 is 34.5 Å². The molecular formula is C12H9FN2O4S. The van der Waals surface area contributed by atoms with E-state index in [1.165, 1.54) is 13.1 Å². The highest BCUT2D eigenvalue weighted by Gasteiger charge is 2.59. The molecule has 2 aliphatic rings. The summed E-state index contributed by atoms with van der Waals surface area (Å²) < 4.78 is 13.4. The zero-order valence-corrected chi connectivity index (χ0v) is 11.0. The molecule has 104 valence electrons. The van der Waals surface area contributed by atoms with Crippen LogP contribution in [0.25, 0.3) is 0 Å². The Morgan fingerprint density at radius 1 is 1.40 bits per heavy atom. The molecule has 0 saturated carbocycles. The highest BCUT2D eigenvalue weighted by molar-refractivity contribution is 8.15. The van der Waals surface area contributed by atoms with Crippen LogP contribution in [0.5, 0.6) is 0 Å². The maximum atomic E-state index is 13.4. The Bertz CT molecular complexity index is 665. The summed E-state index contributed by atoms with van der Waals surface area (Å²) >= 11 is 0.555. The normalized spacial score (nSPS) is 28.9. The van der Waals surface area contributed by atoms with Gasteiger partial charge in [-0.05, 0) is 30.0 Å². The van der Waals surface area contributed by atoms with Gasteiger partial charge in [-0.15, -0.1) is 0 Å². The molecule has 2 atom stereocenters. The number of amides is 3. The smallest absolute Gasteiger partial charge is 0.288 e. The fourth-order valence-electron chi connectivity index (χ4n) is 2.30. The third kappa shape index (κ3) is 1.52. The van der Waals surface area contributed by atoms with Crippen molar-refractivity contribution in [1.29, 1.82) is 0 Å². The Labute approximate surface area is 116 Å². The molecule has 2 aliphatic heterocycles. The van der Waals surface area contributed by atoms with Crippen LogP contribution in [0.4, 0.5) is 14.9 Å². The van der Waals surface area contributed by atoms with Crippen molar-refractivity contribution < 1.29 is 23.9 Å². The van der Waals surface area contributed by atoms with Crippen LogP contribution in [0, 0.1) is 5.82 Å². The Morgan fingerprint density at radius 3 is 2.70 bits per heavy atom. The van der Waals surface area contributed by atoms with Gasteiger partial charge in [0.15, 0.2) is 5.60 Å². The van der Waals surface area contributed by atoms with E-state index in [0.717, 1.165) is 17.0 Å². The minimum Gasteiger partial charge on any atom is -0.374 e. The average molecular weight is 296 g/mol. The predicted molar refractivity (Wildman–Crippen MR) is 68.5 cm³/mol. The number of imide groups is 1. The van der Waals surface area contributed by atoms with E-state index in [4.69, 9.17) is 0 Å². The number of halogens is 1. The van der Waals surface area contributed by atoms with Gasteiger partial charge in [-0.25, -0.2) is 4.39 Å². The van der Waals surface area contributed by atoms with Crippen LogP contribution in [0.15, 0.2) is 18.2 Å². The van der Waals surface area contributed by atoms with Crippen LogP contribution in [-0.2, 0) is 15.2 Å². The summed E-state index contributed by atoms with van der Waals surface area (Å²) in [5, 5.41) is 11.2. The maximum absolute atomic E-state index is 13.4. The molecule has 2 N–H and O–H groups in total. The SMILES string of the molecule is CN1C(=O)SC(C2(O)C(=O)Nc3ccc(F)cc32)C1=O. The second kappa shape index (κ2) is 4.03. The second-order valence-corrected chi connectivity index (χ2v) is 5.63. The number of rotatable bonds is 1. The molecule has 0 aliphatic carbocycles. The molecule has 3 amide bonds. The summed E-state index contributed by atoms with van der Waals surface area (Å²) in [6.07, 6.45) is 0. The first-order valence-electron chi connectivity index (χ1n) is 5.67. The Morgan fingerprint density at radius 2 is 2.10 bits per heavy atom. The monoisotopic (exact) mass is 296 g/mol. The maximum Gasteiger partial charge on any atom is 0.288 e. The van der Waals surface area contributed by atoms with Crippen LogP contribution in [0.1, 0.15) is 5.56 Å². The molecule has 20 heavy (non-hydrogen) atoms. The van der Waals surface area contributed by atoms with Crippen LogP contribution in [0.3, 0.4) is 0 Å². The van der Waals surface area contributed by atoms with E-state index in [0.29, 0.717) is 11.8 Å². The second-order valence-electron chi connectivity index (χ2n) is 4.57. The Kier molecular flexibility index (Phi) is 2.63. The van der Waals surface area contributed by atoms with E-state index >= 15 is 0 Å². The van der Waals surface area contributed by atoms with E-state index in [9.17, 15) is 23.9 Å². The van der Waals surface area contributed by atoms with E-state index in [1.54, 1.807) is 0 Å². The third-order valence-electron chi connectivity index (χ3n) is 3.41. The lowest BCUT2D eigenvalue weighted by molar-refractivity contribution is -0.141. The van der Waals surface area contributed by atoms with Gasteiger partial charge in [0.1, 0.15) is 11.1 Å². The summed E-state index contributed by atoms with van der Waals surface area (Å²) in [5.41, 5.74) is -2.05. The van der Waals surface area contributed by atoms with Crippen molar-refractivity contribution in [2.24, 2.45) is 0 Å². The van der Waals surface area contributed by atoms with Crippen molar-refractivity contribution in [3.63, 3.8) is 0 Å². The number of hydrogen-bond donors (Lipinski definition) is 2. The van der Waals surface area contributed by atoms with Gasteiger partial charge in [0.25, 0.3) is 11.1 Å². The first-order chi connectivity index (χ1) is 9.35. The first kappa shape index (κ1) is 13.1. The number of carbonyl (C=O) groups excluding carboxylic acids is 3. The van der Waals surface area contributed by atoms with Crippen molar-refractivity contribution in [3.8, 4) is 0 Å². The molecule has 1 saturated heterocycles. The quantitative estimate of drug-likeness (QED) is 0.795. The number of thioether (sulfide) groups is 1. The summed E-state index contributed by atoms with van der Waals surface area (Å²) in [4.78, 5) is 36.4. The van der Waals surface area contributed by atoms with E-state index in [2.05, 4.69) is 5.32 Å².